The van der Waals surface area contributed by atoms with Crippen molar-refractivity contribution in [1.82, 2.24) is 19.9 Å². The number of hydrogen-bond acceptors (Lipinski definition) is 7. The van der Waals surface area contributed by atoms with E-state index in [-0.39, 0.29) is 29.5 Å². The minimum atomic E-state index is -4.77. The van der Waals surface area contributed by atoms with Crippen LogP contribution in [0.15, 0.2) is 28.8 Å². The lowest BCUT2D eigenvalue weighted by Crippen LogP contribution is -2.51. The van der Waals surface area contributed by atoms with Crippen molar-refractivity contribution >= 4 is 6.03 Å². The zero-order valence-corrected chi connectivity index (χ0v) is 19.9. The van der Waals surface area contributed by atoms with Crippen molar-refractivity contribution in [2.45, 2.75) is 43.9 Å². The van der Waals surface area contributed by atoms with Crippen LogP contribution in [0.25, 0.3) is 0 Å². The topological polar surface area (TPSA) is 105 Å². The van der Waals surface area contributed by atoms with Crippen molar-refractivity contribution in [3.8, 4) is 11.8 Å². The zero-order chi connectivity index (χ0) is 25.7. The molecule has 12 heteroatoms. The molecule has 2 saturated heterocycles. The van der Waals surface area contributed by atoms with E-state index in [1.54, 1.807) is 29.0 Å². The van der Waals surface area contributed by atoms with Gasteiger partial charge < -0.3 is 23.8 Å². The average Bonchev–Trinajstić information content (AvgIpc) is 3.35. The van der Waals surface area contributed by atoms with Crippen molar-refractivity contribution in [2.24, 2.45) is 5.92 Å². The van der Waals surface area contributed by atoms with E-state index in [0.29, 0.717) is 70.2 Å². The van der Waals surface area contributed by atoms with Gasteiger partial charge in [-0.05, 0) is 37.0 Å². The lowest BCUT2D eigenvalue weighted by atomic mass is 9.84. The molecule has 2 aliphatic heterocycles. The molecule has 0 saturated carbocycles. The van der Waals surface area contributed by atoms with Crippen LogP contribution in [-0.2, 0) is 11.2 Å². The number of rotatable bonds is 6. The number of carbonyl (C=O) groups is 1. The molecule has 0 aliphatic carbocycles. The monoisotopic (exact) mass is 507 g/mol. The van der Waals surface area contributed by atoms with Gasteiger partial charge in [-0.1, -0.05) is 17.3 Å². The van der Waals surface area contributed by atoms with E-state index in [2.05, 4.69) is 20.9 Å². The molecule has 0 radical (unpaired) electrons. The van der Waals surface area contributed by atoms with E-state index >= 15 is 0 Å². The Labute approximate surface area is 206 Å². The van der Waals surface area contributed by atoms with Crippen LogP contribution in [0, 0.1) is 17.2 Å². The Morgan fingerprint density at radius 1 is 1.17 bits per heavy atom. The minimum absolute atomic E-state index is 0.0442. The molecule has 1 aromatic heterocycles. The molecule has 9 nitrogen and oxygen atoms in total. The summed E-state index contributed by atoms with van der Waals surface area (Å²) in [7, 11) is 1.58. The second-order valence-electron chi connectivity index (χ2n) is 9.12. The molecule has 2 amide bonds. The van der Waals surface area contributed by atoms with Crippen LogP contribution in [-0.4, -0.2) is 72.2 Å². The summed E-state index contributed by atoms with van der Waals surface area (Å²) in [6.45, 7) is 2.25. The first-order chi connectivity index (χ1) is 17.3. The fourth-order valence-electron chi connectivity index (χ4n) is 4.75. The van der Waals surface area contributed by atoms with E-state index in [1.807, 2.05) is 0 Å². The molecule has 36 heavy (non-hydrogen) atoms. The second-order valence-corrected chi connectivity index (χ2v) is 9.12. The van der Waals surface area contributed by atoms with Gasteiger partial charge in [0.05, 0.1) is 18.6 Å². The van der Waals surface area contributed by atoms with E-state index < -0.39 is 6.36 Å². The van der Waals surface area contributed by atoms with Crippen LogP contribution in [0.3, 0.4) is 0 Å². The number of nitriles is 1. The van der Waals surface area contributed by atoms with E-state index in [1.165, 1.54) is 12.1 Å². The highest BCUT2D eigenvalue weighted by Crippen LogP contribution is 2.37. The van der Waals surface area contributed by atoms with Gasteiger partial charge in [-0.3, -0.25) is 0 Å². The number of carbonyl (C=O) groups excluding carboxylic acids is 1. The standard InChI is InChI=1S/C24H28F3N5O4/c1-34-11-8-21-29-22(36-30-21)19-12-18(17-2-4-20(5-3-17)35-24(25,26)27)14-32(15-19)23(33)31-9-6-16(13-28)7-10-31/h2-5,16,18-19H,6-12,14-15H2,1H3. The van der Waals surface area contributed by atoms with Crippen molar-refractivity contribution in [1.29, 1.82) is 5.26 Å². The number of likely N-dealkylation sites (tertiary alicyclic amines) is 2. The Balaban J connectivity index is 1.53. The predicted molar refractivity (Wildman–Crippen MR) is 120 cm³/mol. The molecular weight excluding hydrogens is 479 g/mol. The summed E-state index contributed by atoms with van der Waals surface area (Å²) in [5.74, 6) is 0.199. The molecule has 2 fully saturated rings. The highest BCUT2D eigenvalue weighted by atomic mass is 19.4. The number of nitrogens with zero attached hydrogens (tertiary/aromatic N) is 5. The molecule has 2 unspecified atom stereocenters. The first-order valence-corrected chi connectivity index (χ1v) is 11.9. The normalized spacial score (nSPS) is 21.3. The van der Waals surface area contributed by atoms with Crippen molar-refractivity contribution in [2.75, 3.05) is 39.9 Å². The van der Waals surface area contributed by atoms with Crippen LogP contribution in [0.2, 0.25) is 0 Å². The summed E-state index contributed by atoms with van der Waals surface area (Å²) in [5.41, 5.74) is 0.786. The highest BCUT2D eigenvalue weighted by molar-refractivity contribution is 5.75. The first kappa shape index (κ1) is 25.8. The van der Waals surface area contributed by atoms with Gasteiger partial charge in [-0.25, -0.2) is 4.79 Å². The fourth-order valence-corrected chi connectivity index (χ4v) is 4.75. The molecule has 4 rings (SSSR count). The van der Waals surface area contributed by atoms with Crippen molar-refractivity contribution in [3.05, 3.63) is 41.5 Å². The molecule has 2 aromatic rings. The molecule has 2 atom stereocenters. The molecule has 0 spiro atoms. The number of alkyl halides is 3. The Hall–Kier alpha value is -3.33. The summed E-state index contributed by atoms with van der Waals surface area (Å²) in [5, 5.41) is 13.2. The molecule has 2 aliphatic rings. The Morgan fingerprint density at radius 2 is 1.86 bits per heavy atom. The highest BCUT2D eigenvalue weighted by Gasteiger charge is 2.37. The maximum absolute atomic E-state index is 13.4. The number of methoxy groups -OCH3 is 1. The number of benzene rings is 1. The van der Waals surface area contributed by atoms with Crippen LogP contribution in [0.5, 0.6) is 5.75 Å². The number of hydrogen-bond donors (Lipinski definition) is 0. The summed E-state index contributed by atoms with van der Waals surface area (Å²) in [6.07, 6.45) is -2.41. The van der Waals surface area contributed by atoms with Crippen LogP contribution >= 0.6 is 0 Å². The van der Waals surface area contributed by atoms with E-state index in [4.69, 9.17) is 14.5 Å². The Kier molecular flexibility index (Phi) is 7.98. The van der Waals surface area contributed by atoms with Gasteiger partial charge >= 0.3 is 12.4 Å². The van der Waals surface area contributed by atoms with Crippen LogP contribution in [0.1, 0.15) is 48.4 Å². The molecule has 0 N–H and O–H groups in total. The number of piperidine rings is 2. The number of amides is 2. The van der Waals surface area contributed by atoms with E-state index in [9.17, 15) is 18.0 Å². The van der Waals surface area contributed by atoms with Gasteiger partial charge in [-0.15, -0.1) is 13.2 Å². The van der Waals surface area contributed by atoms with Crippen LogP contribution in [0.4, 0.5) is 18.0 Å². The van der Waals surface area contributed by atoms with Gasteiger partial charge in [-0.2, -0.15) is 10.2 Å². The van der Waals surface area contributed by atoms with Crippen molar-refractivity contribution in [3.63, 3.8) is 0 Å². The van der Waals surface area contributed by atoms with Gasteiger partial charge in [0.15, 0.2) is 5.82 Å². The SMILES string of the molecule is COCCc1noc(C2CC(c3ccc(OC(F)(F)F)cc3)CN(C(=O)N3CCC(C#N)CC3)C2)n1. The maximum atomic E-state index is 13.4. The summed E-state index contributed by atoms with van der Waals surface area (Å²) in [6, 6.07) is 7.88. The van der Waals surface area contributed by atoms with Gasteiger partial charge in [0, 0.05) is 51.5 Å². The van der Waals surface area contributed by atoms with Gasteiger partial charge in [0.25, 0.3) is 0 Å². The summed E-state index contributed by atoms with van der Waals surface area (Å²) >= 11 is 0. The molecule has 1 aromatic carbocycles. The third kappa shape index (κ3) is 6.46. The molecule has 194 valence electrons. The lowest BCUT2D eigenvalue weighted by molar-refractivity contribution is -0.274. The molecular formula is C24H28F3N5O4. The Bertz CT molecular complexity index is 1060. The third-order valence-electron chi connectivity index (χ3n) is 6.62. The zero-order valence-electron chi connectivity index (χ0n) is 19.9. The largest absolute Gasteiger partial charge is 0.573 e. The summed E-state index contributed by atoms with van der Waals surface area (Å²) < 4.78 is 52.2. The maximum Gasteiger partial charge on any atom is 0.573 e. The molecule has 3 heterocycles. The van der Waals surface area contributed by atoms with Crippen molar-refractivity contribution < 1.29 is 32.0 Å². The molecule has 0 bridgehead atoms. The fraction of sp³-hybridized carbons (Fsp3) is 0.583. The van der Waals surface area contributed by atoms with E-state index in [0.717, 1.165) is 5.56 Å². The van der Waals surface area contributed by atoms with Crippen LogP contribution < -0.4 is 4.74 Å². The summed E-state index contributed by atoms with van der Waals surface area (Å²) in [4.78, 5) is 21.4. The minimum Gasteiger partial charge on any atom is -0.406 e. The third-order valence-corrected chi connectivity index (χ3v) is 6.62. The predicted octanol–water partition coefficient (Wildman–Crippen LogP) is 4.09. The first-order valence-electron chi connectivity index (χ1n) is 11.9. The number of halogens is 3. The number of urea groups is 1. The number of ether oxygens (including phenoxy) is 2. The smallest absolute Gasteiger partial charge is 0.406 e. The van der Waals surface area contributed by atoms with Gasteiger partial charge in [0.1, 0.15) is 5.75 Å². The lowest BCUT2D eigenvalue weighted by Gasteiger charge is -2.40. The second kappa shape index (κ2) is 11.2. The number of aromatic nitrogens is 2. The average molecular weight is 508 g/mol. The van der Waals surface area contributed by atoms with Gasteiger partial charge in [0.2, 0.25) is 5.89 Å². The quantitative estimate of drug-likeness (QED) is 0.580. The Morgan fingerprint density at radius 3 is 2.50 bits per heavy atom.